The molecule has 6 heteroatoms. The van der Waals surface area contributed by atoms with E-state index in [2.05, 4.69) is 21.6 Å². The number of ether oxygens (including phenoxy) is 2. The van der Waals surface area contributed by atoms with E-state index in [1.807, 2.05) is 24.3 Å². The van der Waals surface area contributed by atoms with Crippen LogP contribution in [0.4, 0.5) is 5.69 Å². The maximum Gasteiger partial charge on any atom is 0.163 e. The van der Waals surface area contributed by atoms with Crippen molar-refractivity contribution in [2.24, 2.45) is 0 Å². The number of imidazole rings is 1. The Kier molecular flexibility index (Phi) is 4.13. The van der Waals surface area contributed by atoms with Crippen molar-refractivity contribution in [2.75, 3.05) is 38.6 Å². The van der Waals surface area contributed by atoms with E-state index < -0.39 is 0 Å². The van der Waals surface area contributed by atoms with Crippen LogP contribution in [0.15, 0.2) is 36.4 Å². The van der Waals surface area contributed by atoms with E-state index >= 15 is 0 Å². The van der Waals surface area contributed by atoms with Gasteiger partial charge in [-0.25, -0.2) is 4.98 Å². The van der Waals surface area contributed by atoms with Crippen LogP contribution in [0.2, 0.25) is 0 Å². The fraction of sp³-hybridized carbons (Fsp3) is 0.381. The molecule has 3 aromatic rings. The summed E-state index contributed by atoms with van der Waals surface area (Å²) in [6, 6.07) is 12.0. The maximum absolute atomic E-state index is 6.03. The number of anilines is 1. The Bertz CT molecular complexity index is 976. The molecule has 1 aromatic heterocycles. The smallest absolute Gasteiger partial charge is 0.163 e. The van der Waals surface area contributed by atoms with E-state index in [1.54, 1.807) is 0 Å². The van der Waals surface area contributed by atoms with E-state index in [0.717, 1.165) is 52.7 Å². The average molecular weight is 364 g/mol. The van der Waals surface area contributed by atoms with Crippen molar-refractivity contribution in [3.63, 3.8) is 0 Å². The van der Waals surface area contributed by atoms with Crippen LogP contribution in [-0.4, -0.2) is 47.3 Å². The first-order valence-electron chi connectivity index (χ1n) is 9.66. The zero-order valence-corrected chi connectivity index (χ0v) is 15.4. The Morgan fingerprint density at radius 1 is 0.963 bits per heavy atom. The molecule has 2 aromatic carbocycles. The maximum atomic E-state index is 6.03. The van der Waals surface area contributed by atoms with Gasteiger partial charge in [0.2, 0.25) is 0 Å². The molecule has 2 aliphatic heterocycles. The third-order valence-electron chi connectivity index (χ3n) is 5.40. The fourth-order valence-corrected chi connectivity index (χ4v) is 4.03. The van der Waals surface area contributed by atoms with E-state index in [0.29, 0.717) is 13.2 Å². The molecule has 2 N–H and O–H groups in total. The van der Waals surface area contributed by atoms with Gasteiger partial charge < -0.3 is 24.7 Å². The molecule has 0 atom stereocenters. The normalized spacial score (nSPS) is 16.9. The van der Waals surface area contributed by atoms with Gasteiger partial charge in [-0.1, -0.05) is 12.1 Å². The van der Waals surface area contributed by atoms with E-state index in [9.17, 15) is 0 Å². The summed E-state index contributed by atoms with van der Waals surface area (Å²) < 4.78 is 13.8. The molecule has 0 amide bonds. The third kappa shape index (κ3) is 3.10. The van der Waals surface area contributed by atoms with Crippen molar-refractivity contribution >= 4 is 16.7 Å². The lowest BCUT2D eigenvalue weighted by Gasteiger charge is -2.19. The van der Waals surface area contributed by atoms with Crippen LogP contribution in [-0.2, 0) is 6.54 Å². The number of aromatic nitrogens is 2. The number of nitrogen functional groups attached to an aromatic ring is 1. The highest BCUT2D eigenvalue weighted by atomic mass is 16.6. The highest BCUT2D eigenvalue weighted by molar-refractivity contribution is 5.84. The van der Waals surface area contributed by atoms with E-state index in [-0.39, 0.29) is 0 Å². The summed E-state index contributed by atoms with van der Waals surface area (Å²) in [5, 5.41) is 0. The Balaban J connectivity index is 1.61. The molecular weight excluding hydrogens is 340 g/mol. The SMILES string of the molecule is Nc1cccc(-c2nc3cc4c(cc3n2CCN2CCCC2)OCCO4)c1. The summed E-state index contributed by atoms with van der Waals surface area (Å²) in [7, 11) is 0. The van der Waals surface area contributed by atoms with Gasteiger partial charge in [-0.15, -0.1) is 0 Å². The average Bonchev–Trinajstić information content (AvgIpc) is 3.32. The van der Waals surface area contributed by atoms with Gasteiger partial charge in [-0.2, -0.15) is 0 Å². The molecular formula is C21H24N4O2. The Morgan fingerprint density at radius 2 is 1.74 bits per heavy atom. The Morgan fingerprint density at radius 3 is 2.52 bits per heavy atom. The number of benzene rings is 2. The van der Waals surface area contributed by atoms with Crippen LogP contribution < -0.4 is 15.2 Å². The molecule has 3 heterocycles. The van der Waals surface area contributed by atoms with Crippen molar-refractivity contribution < 1.29 is 9.47 Å². The monoisotopic (exact) mass is 364 g/mol. The number of rotatable bonds is 4. The lowest BCUT2D eigenvalue weighted by Crippen LogP contribution is -2.24. The molecule has 6 nitrogen and oxygen atoms in total. The molecule has 0 radical (unpaired) electrons. The van der Waals surface area contributed by atoms with Crippen LogP contribution in [0, 0.1) is 0 Å². The highest BCUT2D eigenvalue weighted by Gasteiger charge is 2.20. The second-order valence-electron chi connectivity index (χ2n) is 7.25. The summed E-state index contributed by atoms with van der Waals surface area (Å²) in [6.07, 6.45) is 2.59. The van der Waals surface area contributed by atoms with Crippen molar-refractivity contribution in [3.8, 4) is 22.9 Å². The van der Waals surface area contributed by atoms with Gasteiger partial charge >= 0.3 is 0 Å². The standard InChI is InChI=1S/C21H24N4O2/c22-16-5-3-4-15(12-16)21-23-17-13-19-20(27-11-10-26-19)14-18(17)25(21)9-8-24-6-1-2-7-24/h3-5,12-14H,1-2,6-11,22H2. The van der Waals surface area contributed by atoms with Gasteiger partial charge in [-0.05, 0) is 38.1 Å². The molecule has 0 bridgehead atoms. The molecule has 1 fully saturated rings. The van der Waals surface area contributed by atoms with Gasteiger partial charge in [0.15, 0.2) is 11.5 Å². The first kappa shape index (κ1) is 16.4. The first-order chi connectivity index (χ1) is 13.3. The Labute approximate surface area is 158 Å². The largest absolute Gasteiger partial charge is 0.486 e. The summed E-state index contributed by atoms with van der Waals surface area (Å²) in [4.78, 5) is 7.45. The lowest BCUT2D eigenvalue weighted by molar-refractivity contribution is 0.172. The second kappa shape index (κ2) is 6.78. The first-order valence-corrected chi connectivity index (χ1v) is 9.66. The van der Waals surface area contributed by atoms with Gasteiger partial charge in [0.25, 0.3) is 0 Å². The number of nitrogens with two attached hydrogens (primary N) is 1. The summed E-state index contributed by atoms with van der Waals surface area (Å²) in [5.74, 6) is 2.52. The fourth-order valence-electron chi connectivity index (χ4n) is 4.03. The topological polar surface area (TPSA) is 65.5 Å². The summed E-state index contributed by atoms with van der Waals surface area (Å²) >= 11 is 0. The van der Waals surface area contributed by atoms with Crippen molar-refractivity contribution in [2.45, 2.75) is 19.4 Å². The molecule has 0 unspecified atom stereocenters. The zero-order valence-electron chi connectivity index (χ0n) is 15.4. The van der Waals surface area contributed by atoms with Gasteiger partial charge in [0, 0.05) is 36.5 Å². The third-order valence-corrected chi connectivity index (χ3v) is 5.40. The highest BCUT2D eigenvalue weighted by Crippen LogP contribution is 2.36. The van der Waals surface area contributed by atoms with Crippen LogP contribution in [0.5, 0.6) is 11.5 Å². The van der Waals surface area contributed by atoms with Crippen LogP contribution in [0.1, 0.15) is 12.8 Å². The summed E-state index contributed by atoms with van der Waals surface area (Å²) in [6.45, 7) is 5.45. The van der Waals surface area contributed by atoms with Crippen LogP contribution in [0.3, 0.4) is 0 Å². The molecule has 140 valence electrons. The number of nitrogens with zero attached hydrogens (tertiary/aromatic N) is 3. The minimum Gasteiger partial charge on any atom is -0.486 e. The number of hydrogen-bond donors (Lipinski definition) is 1. The molecule has 1 saturated heterocycles. The van der Waals surface area contributed by atoms with Crippen molar-refractivity contribution in [1.82, 2.24) is 14.5 Å². The molecule has 5 rings (SSSR count). The molecule has 27 heavy (non-hydrogen) atoms. The van der Waals surface area contributed by atoms with E-state index in [1.165, 1.54) is 25.9 Å². The Hall–Kier alpha value is -2.73. The molecule has 0 spiro atoms. The lowest BCUT2D eigenvalue weighted by atomic mass is 10.2. The summed E-state index contributed by atoms with van der Waals surface area (Å²) in [5.41, 5.74) is 9.82. The number of fused-ring (bicyclic) bond motifs is 2. The van der Waals surface area contributed by atoms with Gasteiger partial charge in [0.05, 0.1) is 11.0 Å². The van der Waals surface area contributed by atoms with Gasteiger partial charge in [0.1, 0.15) is 19.0 Å². The number of hydrogen-bond acceptors (Lipinski definition) is 5. The van der Waals surface area contributed by atoms with Gasteiger partial charge in [-0.3, -0.25) is 0 Å². The molecule has 0 saturated carbocycles. The van der Waals surface area contributed by atoms with Crippen LogP contribution in [0.25, 0.3) is 22.4 Å². The minimum atomic E-state index is 0.580. The van der Waals surface area contributed by atoms with Crippen molar-refractivity contribution in [3.05, 3.63) is 36.4 Å². The number of likely N-dealkylation sites (tertiary alicyclic amines) is 1. The van der Waals surface area contributed by atoms with Crippen LogP contribution >= 0.6 is 0 Å². The van der Waals surface area contributed by atoms with Crippen molar-refractivity contribution in [1.29, 1.82) is 0 Å². The quantitative estimate of drug-likeness (QED) is 0.721. The molecule has 0 aliphatic carbocycles. The predicted molar refractivity (Wildman–Crippen MR) is 106 cm³/mol. The minimum absolute atomic E-state index is 0.580. The predicted octanol–water partition coefficient (Wildman–Crippen LogP) is 3.15. The van der Waals surface area contributed by atoms with E-state index in [4.69, 9.17) is 20.2 Å². The molecule has 2 aliphatic rings. The zero-order chi connectivity index (χ0) is 18.2. The second-order valence-corrected chi connectivity index (χ2v) is 7.25.